The summed E-state index contributed by atoms with van der Waals surface area (Å²) in [7, 11) is 0. The van der Waals surface area contributed by atoms with E-state index >= 15 is 0 Å². The predicted molar refractivity (Wildman–Crippen MR) is 101 cm³/mol. The maximum absolute atomic E-state index is 11.9. The Kier molecular flexibility index (Phi) is 5.03. The summed E-state index contributed by atoms with van der Waals surface area (Å²) in [6.45, 7) is 7.64. The molecule has 0 aliphatic rings. The second-order valence-electron chi connectivity index (χ2n) is 7.22. The first-order valence-corrected chi connectivity index (χ1v) is 8.80. The summed E-state index contributed by atoms with van der Waals surface area (Å²) in [5, 5.41) is 5.13. The molecular weight excluding hydrogens is 346 g/mol. The summed E-state index contributed by atoms with van der Waals surface area (Å²) in [6.07, 6.45) is 3.49. The van der Waals surface area contributed by atoms with Crippen LogP contribution in [0.5, 0.6) is 0 Å². The third-order valence-corrected chi connectivity index (χ3v) is 3.79. The van der Waals surface area contributed by atoms with Gasteiger partial charge in [-0.25, -0.2) is 4.79 Å². The largest absolute Gasteiger partial charge is 0.461 e. The normalized spacial score (nSPS) is 11.6. The van der Waals surface area contributed by atoms with E-state index in [1.165, 1.54) is 0 Å². The molecule has 0 aliphatic carbocycles. The van der Waals surface area contributed by atoms with E-state index in [0.717, 1.165) is 22.0 Å². The molecule has 3 rings (SSSR count). The van der Waals surface area contributed by atoms with E-state index < -0.39 is 5.60 Å². The molecule has 0 spiro atoms. The van der Waals surface area contributed by atoms with Crippen molar-refractivity contribution >= 4 is 22.8 Å². The highest BCUT2D eigenvalue weighted by Gasteiger charge is 2.17. The van der Waals surface area contributed by atoms with E-state index in [1.807, 2.05) is 39.0 Å². The minimum atomic E-state index is -0.525. The predicted octanol–water partition coefficient (Wildman–Crippen LogP) is 3.55. The average molecular weight is 369 g/mol. The van der Waals surface area contributed by atoms with Gasteiger partial charge in [-0.3, -0.25) is 9.48 Å². The van der Waals surface area contributed by atoms with Crippen molar-refractivity contribution in [1.82, 2.24) is 14.8 Å². The lowest BCUT2D eigenvalue weighted by molar-refractivity contribution is -0.155. The minimum Gasteiger partial charge on any atom is -0.461 e. The van der Waals surface area contributed by atoms with Crippen molar-refractivity contribution in [1.29, 1.82) is 0 Å². The van der Waals surface area contributed by atoms with E-state index in [1.54, 1.807) is 30.1 Å². The Labute approximate surface area is 157 Å². The van der Waals surface area contributed by atoms with Crippen molar-refractivity contribution in [2.75, 3.05) is 6.61 Å². The van der Waals surface area contributed by atoms with Crippen LogP contribution in [-0.2, 0) is 20.8 Å². The standard InChI is InChI=1S/C20H23N3O4/c1-5-26-19(25)17-9-14-8-13(6-7-16(14)22-17)15-10-21-23(11-15)12-18(24)27-20(2,3)4/h6-11,22H,5,12H2,1-4H3. The summed E-state index contributed by atoms with van der Waals surface area (Å²) < 4.78 is 11.9. The van der Waals surface area contributed by atoms with Crippen LogP contribution in [0.1, 0.15) is 38.2 Å². The van der Waals surface area contributed by atoms with Crippen LogP contribution in [0.3, 0.4) is 0 Å². The number of ether oxygens (including phenoxy) is 2. The zero-order valence-electron chi connectivity index (χ0n) is 15.9. The number of H-pyrrole nitrogens is 1. The first kappa shape index (κ1) is 18.7. The quantitative estimate of drug-likeness (QED) is 0.695. The fourth-order valence-corrected chi connectivity index (χ4v) is 2.74. The molecule has 0 saturated heterocycles. The molecule has 7 nitrogen and oxygen atoms in total. The van der Waals surface area contributed by atoms with E-state index in [0.29, 0.717) is 12.3 Å². The van der Waals surface area contributed by atoms with E-state index in [4.69, 9.17) is 9.47 Å². The van der Waals surface area contributed by atoms with Crippen LogP contribution in [0.15, 0.2) is 36.7 Å². The SMILES string of the molecule is CCOC(=O)c1cc2cc(-c3cnn(CC(=O)OC(C)(C)C)c3)ccc2[nH]1. The fourth-order valence-electron chi connectivity index (χ4n) is 2.74. The first-order chi connectivity index (χ1) is 12.7. The Morgan fingerprint density at radius 3 is 2.67 bits per heavy atom. The second kappa shape index (κ2) is 7.26. The lowest BCUT2D eigenvalue weighted by Gasteiger charge is -2.19. The molecule has 0 saturated carbocycles. The minimum absolute atomic E-state index is 0.0523. The molecule has 0 bridgehead atoms. The average Bonchev–Trinajstić information content (AvgIpc) is 3.19. The molecule has 2 heterocycles. The van der Waals surface area contributed by atoms with Crippen LogP contribution in [0, 0.1) is 0 Å². The lowest BCUT2D eigenvalue weighted by atomic mass is 10.1. The number of hydrogen-bond donors (Lipinski definition) is 1. The Bertz CT molecular complexity index is 979. The van der Waals surface area contributed by atoms with Gasteiger partial charge < -0.3 is 14.5 Å². The molecule has 1 N–H and O–H groups in total. The van der Waals surface area contributed by atoms with Crippen LogP contribution in [0.4, 0.5) is 0 Å². The summed E-state index contributed by atoms with van der Waals surface area (Å²) in [4.78, 5) is 26.9. The van der Waals surface area contributed by atoms with E-state index in [2.05, 4.69) is 10.1 Å². The molecule has 0 atom stereocenters. The Hall–Kier alpha value is -3.09. The third kappa shape index (κ3) is 4.55. The number of carbonyl (C=O) groups excluding carboxylic acids is 2. The number of aromatic amines is 1. The molecule has 1 aromatic carbocycles. The van der Waals surface area contributed by atoms with Crippen LogP contribution < -0.4 is 0 Å². The number of carbonyl (C=O) groups is 2. The van der Waals surface area contributed by atoms with E-state index in [-0.39, 0.29) is 18.5 Å². The number of nitrogens with zero attached hydrogens (tertiary/aromatic N) is 2. The van der Waals surface area contributed by atoms with Gasteiger partial charge in [-0.1, -0.05) is 6.07 Å². The molecule has 27 heavy (non-hydrogen) atoms. The molecule has 0 radical (unpaired) electrons. The zero-order chi connectivity index (χ0) is 19.6. The van der Waals surface area contributed by atoms with Gasteiger partial charge in [0.25, 0.3) is 0 Å². The summed E-state index contributed by atoms with van der Waals surface area (Å²) >= 11 is 0. The molecule has 0 unspecified atom stereocenters. The van der Waals surface area contributed by atoms with Gasteiger partial charge in [0.1, 0.15) is 17.8 Å². The number of aromatic nitrogens is 3. The highest BCUT2D eigenvalue weighted by atomic mass is 16.6. The van der Waals surface area contributed by atoms with Gasteiger partial charge in [0.15, 0.2) is 0 Å². The fraction of sp³-hybridized carbons (Fsp3) is 0.350. The van der Waals surface area contributed by atoms with E-state index in [9.17, 15) is 9.59 Å². The Balaban J connectivity index is 1.78. The second-order valence-corrected chi connectivity index (χ2v) is 7.22. The van der Waals surface area contributed by atoms with Gasteiger partial charge in [-0.15, -0.1) is 0 Å². The summed E-state index contributed by atoms with van der Waals surface area (Å²) in [5.74, 6) is -0.710. The van der Waals surface area contributed by atoms with Crippen molar-refractivity contribution in [3.63, 3.8) is 0 Å². The molecule has 7 heteroatoms. The zero-order valence-corrected chi connectivity index (χ0v) is 15.9. The van der Waals surface area contributed by atoms with Crippen molar-refractivity contribution in [3.05, 3.63) is 42.4 Å². The Morgan fingerprint density at radius 1 is 1.19 bits per heavy atom. The Morgan fingerprint density at radius 2 is 1.96 bits per heavy atom. The number of benzene rings is 1. The number of rotatable bonds is 5. The van der Waals surface area contributed by atoms with Crippen molar-refractivity contribution in [2.45, 2.75) is 39.8 Å². The lowest BCUT2D eigenvalue weighted by Crippen LogP contribution is -2.26. The molecule has 3 aromatic rings. The topological polar surface area (TPSA) is 86.2 Å². The van der Waals surface area contributed by atoms with Crippen LogP contribution in [0.2, 0.25) is 0 Å². The summed E-state index contributed by atoms with van der Waals surface area (Å²) in [5.41, 5.74) is 2.56. The van der Waals surface area contributed by atoms with Gasteiger partial charge in [-0.05, 0) is 51.5 Å². The number of fused-ring (bicyclic) bond motifs is 1. The smallest absolute Gasteiger partial charge is 0.354 e. The monoisotopic (exact) mass is 369 g/mol. The maximum atomic E-state index is 11.9. The first-order valence-electron chi connectivity index (χ1n) is 8.80. The number of esters is 2. The van der Waals surface area contributed by atoms with Gasteiger partial charge in [0, 0.05) is 22.7 Å². The van der Waals surface area contributed by atoms with Gasteiger partial charge in [0.2, 0.25) is 0 Å². The number of hydrogen-bond acceptors (Lipinski definition) is 5. The number of nitrogens with one attached hydrogen (secondary N) is 1. The van der Waals surface area contributed by atoms with Crippen molar-refractivity contribution in [3.8, 4) is 11.1 Å². The van der Waals surface area contributed by atoms with Gasteiger partial charge in [-0.2, -0.15) is 5.10 Å². The maximum Gasteiger partial charge on any atom is 0.354 e. The molecule has 0 amide bonds. The highest BCUT2D eigenvalue weighted by molar-refractivity contribution is 5.96. The molecule has 142 valence electrons. The van der Waals surface area contributed by atoms with Gasteiger partial charge in [0.05, 0.1) is 12.8 Å². The van der Waals surface area contributed by atoms with Crippen molar-refractivity contribution in [2.24, 2.45) is 0 Å². The molecular formula is C20H23N3O4. The highest BCUT2D eigenvalue weighted by Crippen LogP contribution is 2.25. The third-order valence-electron chi connectivity index (χ3n) is 3.79. The molecule has 0 aliphatic heterocycles. The van der Waals surface area contributed by atoms with Crippen LogP contribution >= 0.6 is 0 Å². The van der Waals surface area contributed by atoms with Gasteiger partial charge >= 0.3 is 11.9 Å². The molecule has 2 aromatic heterocycles. The van der Waals surface area contributed by atoms with Crippen molar-refractivity contribution < 1.29 is 19.1 Å². The van der Waals surface area contributed by atoms with Crippen LogP contribution in [-0.4, -0.2) is 38.9 Å². The summed E-state index contributed by atoms with van der Waals surface area (Å²) in [6, 6.07) is 7.56. The van der Waals surface area contributed by atoms with Crippen LogP contribution in [0.25, 0.3) is 22.0 Å². The molecule has 0 fully saturated rings.